The van der Waals surface area contributed by atoms with Gasteiger partial charge in [-0.15, -0.1) is 11.3 Å². The average molecular weight is 702 g/mol. The Labute approximate surface area is 283 Å². The normalized spacial score (nSPS) is 17.3. The summed E-state index contributed by atoms with van der Waals surface area (Å²) in [5, 5.41) is 24.5. The molecule has 13 nitrogen and oxygen atoms in total. The molecule has 1 heterocycles. The summed E-state index contributed by atoms with van der Waals surface area (Å²) < 4.78 is 29.5. The van der Waals surface area contributed by atoms with Crippen molar-refractivity contribution in [3.63, 3.8) is 0 Å². The van der Waals surface area contributed by atoms with Crippen LogP contribution >= 0.6 is 11.3 Å². The average Bonchev–Trinajstić information content (AvgIpc) is 3.41. The smallest absolute Gasteiger partial charge is 0.408 e. The van der Waals surface area contributed by atoms with E-state index in [9.17, 15) is 32.7 Å². The van der Waals surface area contributed by atoms with Crippen molar-refractivity contribution in [1.82, 2.24) is 26.3 Å². The van der Waals surface area contributed by atoms with Gasteiger partial charge in [0.2, 0.25) is 17.7 Å². The third-order valence-corrected chi connectivity index (χ3v) is 9.90. The van der Waals surface area contributed by atoms with Crippen LogP contribution in [0.15, 0.2) is 5.38 Å². The van der Waals surface area contributed by atoms with Crippen LogP contribution in [0.2, 0.25) is 0 Å². The van der Waals surface area contributed by atoms with Gasteiger partial charge in [-0.2, -0.15) is 0 Å². The van der Waals surface area contributed by atoms with Gasteiger partial charge in [-0.3, -0.25) is 14.4 Å². The van der Waals surface area contributed by atoms with Crippen LogP contribution in [0.5, 0.6) is 0 Å². The Kier molecular flexibility index (Phi) is 16.6. The number of aromatic nitrogens is 1. The third kappa shape index (κ3) is 15.3. The highest BCUT2D eigenvalue weighted by molar-refractivity contribution is 7.90. The van der Waals surface area contributed by atoms with Gasteiger partial charge in [0, 0.05) is 29.8 Å². The summed E-state index contributed by atoms with van der Waals surface area (Å²) in [4.78, 5) is 56.6. The number of hydrogen-bond donors (Lipinski definition) is 5. The Morgan fingerprint density at radius 3 is 2.17 bits per heavy atom. The van der Waals surface area contributed by atoms with E-state index in [1.165, 1.54) is 11.3 Å². The number of thiazole rings is 1. The fourth-order valence-corrected chi connectivity index (χ4v) is 7.10. The predicted molar refractivity (Wildman–Crippen MR) is 181 cm³/mol. The molecule has 1 aliphatic rings. The number of sulfone groups is 1. The molecule has 15 heteroatoms. The first-order chi connectivity index (χ1) is 21.9. The van der Waals surface area contributed by atoms with E-state index in [-0.39, 0.29) is 42.6 Å². The number of ether oxygens (including phenoxy) is 1. The molecular weight excluding hydrogens is 647 g/mol. The monoisotopic (exact) mass is 701 g/mol. The lowest BCUT2D eigenvalue weighted by Crippen LogP contribution is -2.56. The maximum absolute atomic E-state index is 13.4. The van der Waals surface area contributed by atoms with E-state index in [2.05, 4.69) is 26.3 Å². The first-order valence-corrected chi connectivity index (χ1v) is 19.5. The standard InChI is InChI=1S/C32H55N5O8S2/c1-19(2)13-24(35-30(40)25(18-47(7,43)44)36-32(42)45-16-27-34-22(6)17-46-27)26(38)14-21(5)29(39)37-28(23-11-9-8-10-12-23)31(41)33-15-20(3)4/h17,19-21,23-26,28,38H,8-16,18H2,1-7H3,(H,33,41)(H,35,40)(H,36,42)(H,37,39)/t21-,24-,25+,26+,28-/m1/s1. The van der Waals surface area contributed by atoms with Gasteiger partial charge in [0.1, 0.15) is 33.5 Å². The van der Waals surface area contributed by atoms with Crippen molar-refractivity contribution >= 4 is 45.0 Å². The maximum Gasteiger partial charge on any atom is 0.408 e. The highest BCUT2D eigenvalue weighted by atomic mass is 32.2. The lowest BCUT2D eigenvalue weighted by atomic mass is 9.83. The molecule has 0 radical (unpaired) electrons. The van der Waals surface area contributed by atoms with Gasteiger partial charge in [-0.1, -0.05) is 53.9 Å². The van der Waals surface area contributed by atoms with Crippen molar-refractivity contribution < 1.29 is 37.4 Å². The SMILES string of the molecule is Cc1csc(COC(=O)N[C@@H](CS(C)(=O)=O)C(=O)N[C@H](CC(C)C)[C@@H](O)C[C@@H](C)C(=O)N[C@@H](C(=O)NCC(C)C)C2CCCCC2)n1. The van der Waals surface area contributed by atoms with E-state index in [0.717, 1.165) is 44.1 Å². The summed E-state index contributed by atoms with van der Waals surface area (Å²) in [5.74, 6) is -2.46. The number of carbonyl (C=O) groups excluding carboxylic acids is 4. The molecule has 0 spiro atoms. The van der Waals surface area contributed by atoms with E-state index < -0.39 is 57.7 Å². The van der Waals surface area contributed by atoms with Crippen LogP contribution in [0, 0.1) is 30.6 Å². The molecule has 2 rings (SSSR count). The zero-order valence-electron chi connectivity index (χ0n) is 28.8. The molecular formula is C32H55N5O8S2. The second-order valence-corrected chi connectivity index (χ2v) is 16.8. The Balaban J connectivity index is 2.10. The molecule has 1 saturated carbocycles. The molecule has 1 aliphatic carbocycles. The van der Waals surface area contributed by atoms with E-state index in [0.29, 0.717) is 18.0 Å². The van der Waals surface area contributed by atoms with Gasteiger partial charge in [-0.05, 0) is 50.4 Å². The summed E-state index contributed by atoms with van der Waals surface area (Å²) in [6.45, 7) is 11.6. The number of alkyl carbamates (subject to hydrolysis) is 1. The number of carbonyl (C=O) groups is 4. The van der Waals surface area contributed by atoms with Gasteiger partial charge in [0.05, 0.1) is 17.9 Å². The number of aliphatic hydroxyl groups is 1. The number of aliphatic hydroxyl groups excluding tert-OH is 1. The molecule has 1 aromatic rings. The quantitative estimate of drug-likeness (QED) is 0.153. The van der Waals surface area contributed by atoms with Crippen LogP contribution in [0.4, 0.5) is 4.79 Å². The van der Waals surface area contributed by atoms with Crippen LogP contribution < -0.4 is 21.3 Å². The lowest BCUT2D eigenvalue weighted by Gasteiger charge is -2.32. The molecule has 0 unspecified atom stereocenters. The minimum Gasteiger partial charge on any atom is -0.442 e. The largest absolute Gasteiger partial charge is 0.442 e. The predicted octanol–water partition coefficient (Wildman–Crippen LogP) is 2.85. The number of amides is 4. The topological polar surface area (TPSA) is 193 Å². The van der Waals surface area contributed by atoms with Gasteiger partial charge >= 0.3 is 6.09 Å². The molecule has 268 valence electrons. The molecule has 1 aromatic heterocycles. The second kappa shape index (κ2) is 19.3. The fraction of sp³-hybridized carbons (Fsp3) is 0.781. The number of rotatable bonds is 18. The minimum absolute atomic E-state index is 0.0199. The van der Waals surface area contributed by atoms with E-state index in [4.69, 9.17) is 4.74 Å². The summed E-state index contributed by atoms with van der Waals surface area (Å²) in [7, 11) is -3.71. The Bertz CT molecular complexity index is 1280. The van der Waals surface area contributed by atoms with E-state index in [1.54, 1.807) is 19.2 Å². The van der Waals surface area contributed by atoms with Crippen LogP contribution in [0.3, 0.4) is 0 Å². The van der Waals surface area contributed by atoms with Crippen LogP contribution in [0.25, 0.3) is 0 Å². The third-order valence-electron chi connectivity index (χ3n) is 8.02. The van der Waals surface area contributed by atoms with Crippen LogP contribution in [-0.4, -0.2) is 85.1 Å². The molecule has 1 fully saturated rings. The molecule has 47 heavy (non-hydrogen) atoms. The number of hydrogen-bond acceptors (Lipinski definition) is 10. The Hall–Kier alpha value is -2.78. The van der Waals surface area contributed by atoms with Crippen molar-refractivity contribution in [1.29, 1.82) is 0 Å². The highest BCUT2D eigenvalue weighted by Crippen LogP contribution is 2.27. The summed E-state index contributed by atoms with van der Waals surface area (Å²) >= 11 is 1.30. The number of nitrogens with one attached hydrogen (secondary N) is 4. The first-order valence-electron chi connectivity index (χ1n) is 16.5. The first kappa shape index (κ1) is 40.4. The zero-order valence-corrected chi connectivity index (χ0v) is 30.5. The van der Waals surface area contributed by atoms with E-state index in [1.807, 2.05) is 27.7 Å². The van der Waals surface area contributed by atoms with Gasteiger partial charge in [0.25, 0.3) is 0 Å². The second-order valence-electron chi connectivity index (χ2n) is 13.7. The van der Waals surface area contributed by atoms with Crippen molar-refractivity contribution in [2.75, 3.05) is 18.6 Å². The summed E-state index contributed by atoms with van der Waals surface area (Å²) in [6, 6.07) is -3.01. The summed E-state index contributed by atoms with van der Waals surface area (Å²) in [5.41, 5.74) is 0.765. The van der Waals surface area contributed by atoms with E-state index >= 15 is 0 Å². The molecule has 4 amide bonds. The molecule has 5 atom stereocenters. The Morgan fingerprint density at radius 2 is 1.62 bits per heavy atom. The highest BCUT2D eigenvalue weighted by Gasteiger charge is 2.34. The fourth-order valence-electron chi connectivity index (χ4n) is 5.58. The molecule has 0 aliphatic heterocycles. The Morgan fingerprint density at radius 1 is 0.957 bits per heavy atom. The van der Waals surface area contributed by atoms with Crippen LogP contribution in [-0.2, 0) is 35.6 Å². The van der Waals surface area contributed by atoms with Crippen molar-refractivity contribution in [3.05, 3.63) is 16.1 Å². The maximum atomic E-state index is 13.4. The zero-order chi connectivity index (χ0) is 35.3. The van der Waals surface area contributed by atoms with Gasteiger partial charge in [-0.25, -0.2) is 18.2 Å². The molecule has 0 bridgehead atoms. The molecule has 0 aromatic carbocycles. The molecule has 5 N–H and O–H groups in total. The van der Waals surface area contributed by atoms with Crippen molar-refractivity contribution in [2.45, 2.75) is 117 Å². The molecule has 0 saturated heterocycles. The minimum atomic E-state index is -3.71. The lowest BCUT2D eigenvalue weighted by molar-refractivity contribution is -0.133. The van der Waals surface area contributed by atoms with Crippen LogP contribution in [0.1, 0.15) is 90.3 Å². The summed E-state index contributed by atoms with van der Waals surface area (Å²) in [6.07, 6.45) is 3.88. The number of aryl methyl sites for hydroxylation is 1. The van der Waals surface area contributed by atoms with Crippen molar-refractivity contribution in [2.24, 2.45) is 23.7 Å². The van der Waals surface area contributed by atoms with Gasteiger partial charge < -0.3 is 31.1 Å². The van der Waals surface area contributed by atoms with Crippen molar-refractivity contribution in [3.8, 4) is 0 Å². The number of nitrogens with zero attached hydrogens (tertiary/aromatic N) is 1. The van der Waals surface area contributed by atoms with Gasteiger partial charge in [0.15, 0.2) is 0 Å².